The minimum absolute atomic E-state index is 0.140. The number of unbranched alkanes of at least 4 members (excludes halogenated alkanes) is 12. The third-order valence-electron chi connectivity index (χ3n) is 25.7. The summed E-state index contributed by atoms with van der Waals surface area (Å²) in [5, 5.41) is 16.9. The van der Waals surface area contributed by atoms with Crippen LogP contribution >= 0.6 is 0 Å². The summed E-state index contributed by atoms with van der Waals surface area (Å²) in [6.45, 7) is 19.2. The summed E-state index contributed by atoms with van der Waals surface area (Å²) >= 11 is 0. The third kappa shape index (κ3) is 12.0. The summed E-state index contributed by atoms with van der Waals surface area (Å²) in [7, 11) is 0. The predicted octanol–water partition coefficient (Wildman–Crippen LogP) is 31.6. The summed E-state index contributed by atoms with van der Waals surface area (Å²) in [5.41, 5.74) is 31.2. The van der Waals surface area contributed by atoms with Gasteiger partial charge in [-0.15, -0.1) is 0 Å². The van der Waals surface area contributed by atoms with Crippen molar-refractivity contribution in [3.63, 3.8) is 0 Å². The summed E-state index contributed by atoms with van der Waals surface area (Å²) in [6.07, 6.45) is 28.3. The minimum Gasteiger partial charge on any atom is -0.0654 e. The number of aryl methyl sites for hydroxylation is 4. The summed E-state index contributed by atoms with van der Waals surface area (Å²) < 4.78 is 0. The van der Waals surface area contributed by atoms with E-state index in [9.17, 15) is 0 Å². The highest BCUT2D eigenvalue weighted by Gasteiger charge is 2.46. The summed E-state index contributed by atoms with van der Waals surface area (Å²) in [6, 6.07) is 91.6. The molecule has 0 aliphatic heterocycles. The van der Waals surface area contributed by atoms with E-state index in [1.54, 1.807) is 22.3 Å². The van der Waals surface area contributed by atoms with Gasteiger partial charge < -0.3 is 0 Å². The van der Waals surface area contributed by atoms with E-state index in [1.165, 1.54) is 268 Å². The SMILES string of the molecule is CCCCCCC1(CCCCCC)c2cc(-c3ccc4c(c3)C(CCCCCC)(CCCCCC)c3cc5c6ccccc6c6c(CC)c(-c7ccccc7)c(-c7ccccc7)c(CC)c6c5cc3-4)ccc2-c2cc3c(cc21)c1ccccc1c1c(CC)c(-c2ccccc2)c(-c2ccccc2)c(CC)c31. The molecule has 0 spiro atoms. The first-order chi connectivity index (χ1) is 52.3. The van der Waals surface area contributed by atoms with Crippen LogP contribution in [0, 0.1) is 0 Å². The summed E-state index contributed by atoms with van der Waals surface area (Å²) in [5.74, 6) is 0. The lowest BCUT2D eigenvalue weighted by atomic mass is 9.69. The van der Waals surface area contributed by atoms with Gasteiger partial charge >= 0.3 is 0 Å². The van der Waals surface area contributed by atoms with Gasteiger partial charge in [0, 0.05) is 10.8 Å². The van der Waals surface area contributed by atoms with Gasteiger partial charge in [0.15, 0.2) is 0 Å². The van der Waals surface area contributed by atoms with Crippen LogP contribution in [0.2, 0.25) is 0 Å². The molecule has 0 bridgehead atoms. The molecule has 14 aromatic rings. The number of benzene rings is 14. The smallest absolute Gasteiger partial charge is 0.0215 e. The molecule has 0 N–H and O–H groups in total. The Hall–Kier alpha value is -9.36. The van der Waals surface area contributed by atoms with Gasteiger partial charge in [-0.05, 0) is 275 Å². The van der Waals surface area contributed by atoms with Crippen molar-refractivity contribution in [2.45, 2.75) is 220 Å². The van der Waals surface area contributed by atoms with Crippen molar-refractivity contribution < 1.29 is 0 Å². The summed E-state index contributed by atoms with van der Waals surface area (Å²) in [4.78, 5) is 0. The Bertz CT molecular complexity index is 5180. The molecule has 106 heavy (non-hydrogen) atoms. The Balaban J connectivity index is 0.954. The highest BCUT2D eigenvalue weighted by molar-refractivity contribution is 6.31. The average molecular weight is 1380 g/mol. The molecule has 0 fully saturated rings. The Labute approximate surface area is 633 Å². The van der Waals surface area contributed by atoms with E-state index in [0.717, 1.165) is 51.4 Å². The van der Waals surface area contributed by atoms with E-state index in [1.807, 2.05) is 0 Å². The molecule has 0 atom stereocenters. The van der Waals surface area contributed by atoms with Gasteiger partial charge in [-0.2, -0.15) is 0 Å². The molecule has 0 amide bonds. The van der Waals surface area contributed by atoms with Crippen LogP contribution in [-0.2, 0) is 36.5 Å². The van der Waals surface area contributed by atoms with E-state index < -0.39 is 0 Å². The molecule has 2 aliphatic rings. The van der Waals surface area contributed by atoms with Gasteiger partial charge in [0.05, 0.1) is 0 Å². The van der Waals surface area contributed by atoms with Gasteiger partial charge in [0.25, 0.3) is 0 Å². The molecule has 14 aromatic carbocycles. The molecule has 534 valence electrons. The maximum atomic E-state index is 2.79. The second kappa shape index (κ2) is 30.8. The zero-order valence-electron chi connectivity index (χ0n) is 64.9. The van der Waals surface area contributed by atoms with Gasteiger partial charge in [-0.25, -0.2) is 0 Å². The highest BCUT2D eigenvalue weighted by Crippen LogP contribution is 2.61. The van der Waals surface area contributed by atoms with Crippen molar-refractivity contribution in [2.75, 3.05) is 0 Å². The van der Waals surface area contributed by atoms with Crippen LogP contribution in [0.25, 0.3) is 143 Å². The fourth-order valence-electron chi connectivity index (χ4n) is 20.9. The lowest BCUT2D eigenvalue weighted by molar-refractivity contribution is 0.401. The van der Waals surface area contributed by atoms with Crippen LogP contribution in [0.5, 0.6) is 0 Å². The molecule has 0 heteroatoms. The molecule has 0 aromatic heterocycles. The van der Waals surface area contributed by atoms with Gasteiger partial charge in [0.1, 0.15) is 0 Å². The molecule has 0 saturated heterocycles. The maximum Gasteiger partial charge on any atom is 0.0215 e. The second-order valence-corrected chi connectivity index (χ2v) is 31.7. The average Bonchev–Trinajstić information content (AvgIpc) is 1.38. The van der Waals surface area contributed by atoms with E-state index >= 15 is 0 Å². The van der Waals surface area contributed by atoms with Crippen LogP contribution in [0.3, 0.4) is 0 Å². The standard InChI is InChI=1S/C106H110/c1-9-17-21-41-61-105(62-42-22-18-10-2)93-65-75(57-59-83(93)89-67-91-87(69-95(89)105)81-53-37-39-55-85(81)101-77(13-5)97(71-45-29-25-30-46-71)99(79(15-7)103(91)101)73-49-33-27-34-50-73)76-58-60-84-90-68-92-88(70-96(90)106(94(84)66-76,63-43-23-19-11-3)64-44-24-20-12-4)82-54-38-40-56-86(82)102-78(14-6)98(72-47-31-26-32-48-72)100(80(16-8)104(92)102)74-51-35-28-36-52-74/h25-40,45-60,65-70H,9-24,41-44,61-64H2,1-8H3. The molecule has 16 rings (SSSR count). The number of fused-ring (bicyclic) bond motifs is 18. The quantitative estimate of drug-likeness (QED) is 0.0324. The first-order valence-electron chi connectivity index (χ1n) is 41.8. The largest absolute Gasteiger partial charge is 0.0654 e. The third-order valence-corrected chi connectivity index (χ3v) is 25.7. The van der Waals surface area contributed by atoms with E-state index in [4.69, 9.17) is 0 Å². The molecular weight excluding hydrogens is 1270 g/mol. The van der Waals surface area contributed by atoms with Gasteiger partial charge in [-0.1, -0.05) is 352 Å². The van der Waals surface area contributed by atoms with E-state index in [2.05, 4.69) is 286 Å². The van der Waals surface area contributed by atoms with Crippen molar-refractivity contribution in [1.82, 2.24) is 0 Å². The Morgan fingerprint density at radius 3 is 0.745 bits per heavy atom. The first-order valence-corrected chi connectivity index (χ1v) is 41.8. The monoisotopic (exact) mass is 1380 g/mol. The van der Waals surface area contributed by atoms with Crippen molar-refractivity contribution in [2.24, 2.45) is 0 Å². The van der Waals surface area contributed by atoms with Crippen molar-refractivity contribution in [3.8, 4) is 77.9 Å². The molecular formula is C106H110. The Morgan fingerprint density at radius 1 is 0.198 bits per heavy atom. The number of hydrogen-bond acceptors (Lipinski definition) is 0. The predicted molar refractivity (Wildman–Crippen MR) is 464 cm³/mol. The molecule has 0 nitrogen and oxygen atoms in total. The molecule has 0 heterocycles. The zero-order valence-corrected chi connectivity index (χ0v) is 64.9. The molecule has 0 saturated carbocycles. The van der Waals surface area contributed by atoms with Gasteiger partial charge in [0.2, 0.25) is 0 Å². The number of rotatable bonds is 29. The molecule has 2 aliphatic carbocycles. The second-order valence-electron chi connectivity index (χ2n) is 31.7. The van der Waals surface area contributed by atoms with Crippen LogP contribution < -0.4 is 0 Å². The van der Waals surface area contributed by atoms with E-state index in [0.29, 0.717) is 0 Å². The normalized spacial score (nSPS) is 13.4. The Kier molecular flexibility index (Phi) is 20.6. The molecule has 0 unspecified atom stereocenters. The van der Waals surface area contributed by atoms with Crippen LogP contribution in [0.1, 0.15) is 228 Å². The van der Waals surface area contributed by atoms with Crippen LogP contribution in [-0.4, -0.2) is 0 Å². The van der Waals surface area contributed by atoms with Crippen LogP contribution in [0.15, 0.2) is 231 Å². The topological polar surface area (TPSA) is 0 Å². The zero-order chi connectivity index (χ0) is 72.5. The van der Waals surface area contributed by atoms with Gasteiger partial charge in [-0.3, -0.25) is 0 Å². The minimum atomic E-state index is -0.140. The van der Waals surface area contributed by atoms with Crippen molar-refractivity contribution in [3.05, 3.63) is 275 Å². The number of hydrogen-bond donors (Lipinski definition) is 0. The van der Waals surface area contributed by atoms with Crippen molar-refractivity contribution in [1.29, 1.82) is 0 Å². The maximum absolute atomic E-state index is 2.79. The van der Waals surface area contributed by atoms with E-state index in [-0.39, 0.29) is 10.8 Å². The highest BCUT2D eigenvalue weighted by atomic mass is 14.5. The lowest BCUT2D eigenvalue weighted by Gasteiger charge is -2.34. The first kappa shape index (κ1) is 70.9. The lowest BCUT2D eigenvalue weighted by Crippen LogP contribution is -2.26. The van der Waals surface area contributed by atoms with Crippen LogP contribution in [0.4, 0.5) is 0 Å². The van der Waals surface area contributed by atoms with Crippen molar-refractivity contribution >= 4 is 64.6 Å². The Morgan fingerprint density at radius 2 is 0.462 bits per heavy atom. The fraction of sp³-hybridized carbons (Fsp3) is 0.321. The molecule has 0 radical (unpaired) electrons. The fourth-order valence-corrected chi connectivity index (χ4v) is 20.9.